The van der Waals surface area contributed by atoms with Gasteiger partial charge in [0, 0.05) is 12.1 Å². The monoisotopic (exact) mass is 236 g/mol. The summed E-state index contributed by atoms with van der Waals surface area (Å²) >= 11 is 1.54. The summed E-state index contributed by atoms with van der Waals surface area (Å²) < 4.78 is 0. The SMILES string of the molecule is CSC=CC(=O)NC1CCNCC1.Cl. The molecule has 14 heavy (non-hydrogen) atoms. The molecule has 1 aliphatic rings. The highest BCUT2D eigenvalue weighted by Gasteiger charge is 2.13. The van der Waals surface area contributed by atoms with E-state index in [2.05, 4.69) is 10.6 Å². The quantitative estimate of drug-likeness (QED) is 0.723. The lowest BCUT2D eigenvalue weighted by atomic mass is 10.1. The van der Waals surface area contributed by atoms with Crippen molar-refractivity contribution in [3.8, 4) is 0 Å². The summed E-state index contributed by atoms with van der Waals surface area (Å²) in [6, 6.07) is 0.361. The van der Waals surface area contributed by atoms with Gasteiger partial charge < -0.3 is 10.6 Å². The van der Waals surface area contributed by atoms with Crippen LogP contribution in [0.5, 0.6) is 0 Å². The minimum absolute atomic E-state index is 0. The molecule has 0 spiro atoms. The molecule has 0 aromatic carbocycles. The number of rotatable bonds is 3. The second-order valence-corrected chi connectivity index (χ2v) is 3.81. The van der Waals surface area contributed by atoms with Crippen molar-refractivity contribution >= 4 is 30.1 Å². The summed E-state index contributed by atoms with van der Waals surface area (Å²) in [5, 5.41) is 8.03. The maximum atomic E-state index is 11.2. The zero-order valence-electron chi connectivity index (χ0n) is 8.29. The van der Waals surface area contributed by atoms with Crippen molar-refractivity contribution in [1.29, 1.82) is 0 Å². The van der Waals surface area contributed by atoms with Crippen LogP contribution in [-0.2, 0) is 4.79 Å². The van der Waals surface area contributed by atoms with Gasteiger partial charge in [0.05, 0.1) is 0 Å². The van der Waals surface area contributed by atoms with Crippen molar-refractivity contribution in [2.24, 2.45) is 0 Å². The predicted octanol–water partition coefficient (Wildman–Crippen LogP) is 1.15. The Kier molecular flexibility index (Phi) is 8.04. The normalized spacial score (nSPS) is 17.8. The molecular formula is C9H17ClN2OS. The van der Waals surface area contributed by atoms with Crippen LogP contribution in [0.15, 0.2) is 11.5 Å². The number of carbonyl (C=O) groups excluding carboxylic acids is 1. The molecule has 1 amide bonds. The second-order valence-electron chi connectivity index (χ2n) is 3.07. The molecule has 0 radical (unpaired) electrons. The van der Waals surface area contributed by atoms with Gasteiger partial charge in [-0.15, -0.1) is 24.2 Å². The van der Waals surface area contributed by atoms with Gasteiger partial charge in [-0.25, -0.2) is 0 Å². The molecule has 0 atom stereocenters. The Labute approximate surface area is 95.5 Å². The fraction of sp³-hybridized carbons (Fsp3) is 0.667. The first-order valence-corrected chi connectivity index (χ1v) is 5.82. The molecule has 0 saturated carbocycles. The van der Waals surface area contributed by atoms with Crippen molar-refractivity contribution in [3.63, 3.8) is 0 Å². The lowest BCUT2D eigenvalue weighted by molar-refractivity contribution is -0.117. The molecule has 5 heteroatoms. The molecule has 2 N–H and O–H groups in total. The first-order valence-electron chi connectivity index (χ1n) is 4.53. The number of thioether (sulfide) groups is 1. The highest BCUT2D eigenvalue weighted by Crippen LogP contribution is 2.02. The van der Waals surface area contributed by atoms with Gasteiger partial charge in [0.25, 0.3) is 0 Å². The van der Waals surface area contributed by atoms with Gasteiger partial charge in [-0.05, 0) is 37.6 Å². The summed E-state index contributed by atoms with van der Waals surface area (Å²) in [6.45, 7) is 2.02. The van der Waals surface area contributed by atoms with Crippen LogP contribution >= 0.6 is 24.2 Å². The van der Waals surface area contributed by atoms with Crippen LogP contribution in [0.1, 0.15) is 12.8 Å². The van der Waals surface area contributed by atoms with E-state index in [1.165, 1.54) is 11.8 Å². The molecular weight excluding hydrogens is 220 g/mol. The predicted molar refractivity (Wildman–Crippen MR) is 63.9 cm³/mol. The fourth-order valence-electron chi connectivity index (χ4n) is 1.35. The number of amides is 1. The first kappa shape index (κ1) is 13.8. The van der Waals surface area contributed by atoms with Crippen molar-refractivity contribution in [1.82, 2.24) is 10.6 Å². The topological polar surface area (TPSA) is 41.1 Å². The van der Waals surface area contributed by atoms with Gasteiger partial charge in [0.15, 0.2) is 0 Å². The van der Waals surface area contributed by atoms with Crippen molar-refractivity contribution in [3.05, 3.63) is 11.5 Å². The average Bonchev–Trinajstić information content (AvgIpc) is 2.16. The van der Waals surface area contributed by atoms with Gasteiger partial charge in [-0.1, -0.05) is 0 Å². The lowest BCUT2D eigenvalue weighted by Crippen LogP contribution is -2.42. The highest BCUT2D eigenvalue weighted by molar-refractivity contribution is 8.01. The Hall–Kier alpha value is -0.190. The van der Waals surface area contributed by atoms with Gasteiger partial charge in [0.1, 0.15) is 0 Å². The Morgan fingerprint density at radius 1 is 1.50 bits per heavy atom. The number of hydrogen-bond donors (Lipinski definition) is 2. The summed E-state index contributed by atoms with van der Waals surface area (Å²) in [5.74, 6) is 0.0289. The summed E-state index contributed by atoms with van der Waals surface area (Å²) in [6.07, 6.45) is 5.61. The van der Waals surface area contributed by atoms with Crippen LogP contribution in [0, 0.1) is 0 Å². The maximum absolute atomic E-state index is 11.2. The third-order valence-electron chi connectivity index (χ3n) is 2.04. The van der Waals surface area contributed by atoms with E-state index in [1.807, 2.05) is 6.26 Å². The number of hydrogen-bond acceptors (Lipinski definition) is 3. The molecule has 1 fully saturated rings. The summed E-state index contributed by atoms with van der Waals surface area (Å²) in [5.41, 5.74) is 0. The molecule has 82 valence electrons. The van der Waals surface area contributed by atoms with E-state index >= 15 is 0 Å². The molecule has 0 aliphatic carbocycles. The smallest absolute Gasteiger partial charge is 0.244 e. The van der Waals surface area contributed by atoms with E-state index in [4.69, 9.17) is 0 Å². The van der Waals surface area contributed by atoms with E-state index in [9.17, 15) is 4.79 Å². The largest absolute Gasteiger partial charge is 0.350 e. The summed E-state index contributed by atoms with van der Waals surface area (Å²) in [7, 11) is 0. The van der Waals surface area contributed by atoms with Crippen LogP contribution < -0.4 is 10.6 Å². The van der Waals surface area contributed by atoms with Crippen molar-refractivity contribution in [2.45, 2.75) is 18.9 Å². The van der Waals surface area contributed by atoms with E-state index in [0.29, 0.717) is 6.04 Å². The third kappa shape index (κ3) is 5.52. The molecule has 0 aromatic heterocycles. The van der Waals surface area contributed by atoms with Gasteiger partial charge in [-0.3, -0.25) is 4.79 Å². The average molecular weight is 237 g/mol. The molecule has 3 nitrogen and oxygen atoms in total. The van der Waals surface area contributed by atoms with E-state index < -0.39 is 0 Å². The standard InChI is InChI=1S/C9H16N2OS.ClH/c1-13-7-4-9(12)11-8-2-5-10-6-3-8;/h4,7-8,10H,2-3,5-6H2,1H3,(H,11,12);1H. The Morgan fingerprint density at radius 2 is 2.14 bits per heavy atom. The van der Waals surface area contributed by atoms with Crippen molar-refractivity contribution < 1.29 is 4.79 Å². The van der Waals surface area contributed by atoms with Gasteiger partial charge >= 0.3 is 0 Å². The highest BCUT2D eigenvalue weighted by atomic mass is 35.5. The van der Waals surface area contributed by atoms with Gasteiger partial charge in [0.2, 0.25) is 5.91 Å². The molecule has 0 unspecified atom stereocenters. The molecule has 0 aromatic rings. The van der Waals surface area contributed by atoms with Crippen LogP contribution in [0.2, 0.25) is 0 Å². The zero-order chi connectivity index (χ0) is 9.52. The van der Waals surface area contributed by atoms with Crippen LogP contribution in [0.25, 0.3) is 0 Å². The molecule has 1 heterocycles. The number of piperidine rings is 1. The number of nitrogens with one attached hydrogen (secondary N) is 2. The number of halogens is 1. The molecule has 0 bridgehead atoms. The Morgan fingerprint density at radius 3 is 2.71 bits per heavy atom. The zero-order valence-corrected chi connectivity index (χ0v) is 9.92. The Balaban J connectivity index is 0.00000169. The van der Waals surface area contributed by atoms with Crippen LogP contribution in [-0.4, -0.2) is 31.3 Å². The third-order valence-corrected chi connectivity index (χ3v) is 2.45. The van der Waals surface area contributed by atoms with Crippen molar-refractivity contribution in [2.75, 3.05) is 19.3 Å². The maximum Gasteiger partial charge on any atom is 0.244 e. The minimum atomic E-state index is 0. The number of carbonyl (C=O) groups is 1. The molecule has 1 saturated heterocycles. The molecule has 1 aliphatic heterocycles. The minimum Gasteiger partial charge on any atom is -0.350 e. The van der Waals surface area contributed by atoms with E-state index in [1.54, 1.807) is 11.5 Å². The van der Waals surface area contributed by atoms with E-state index in [0.717, 1.165) is 25.9 Å². The first-order chi connectivity index (χ1) is 6.33. The van der Waals surface area contributed by atoms with Crippen LogP contribution in [0.4, 0.5) is 0 Å². The fourth-order valence-corrected chi connectivity index (χ4v) is 1.61. The molecule has 1 rings (SSSR count). The summed E-state index contributed by atoms with van der Waals surface area (Å²) in [4.78, 5) is 11.2. The second kappa shape index (κ2) is 8.15. The Bertz CT molecular complexity index is 193. The lowest BCUT2D eigenvalue weighted by Gasteiger charge is -2.22. The van der Waals surface area contributed by atoms with Gasteiger partial charge in [-0.2, -0.15) is 0 Å². The van der Waals surface area contributed by atoms with Crippen LogP contribution in [0.3, 0.4) is 0 Å². The van der Waals surface area contributed by atoms with E-state index in [-0.39, 0.29) is 18.3 Å².